The summed E-state index contributed by atoms with van der Waals surface area (Å²) in [4.78, 5) is 14.3. The minimum Gasteiger partial charge on any atom is -0.338 e. The van der Waals surface area contributed by atoms with Gasteiger partial charge in [0.1, 0.15) is 0 Å². The molecule has 1 heterocycles. The zero-order chi connectivity index (χ0) is 12.8. The lowest BCUT2D eigenvalue weighted by atomic mass is 9.89. The van der Waals surface area contributed by atoms with E-state index >= 15 is 0 Å². The molecular weight excluding hydrogens is 212 g/mol. The van der Waals surface area contributed by atoms with Gasteiger partial charge in [-0.15, -0.1) is 0 Å². The molecule has 0 aromatic heterocycles. The quantitative estimate of drug-likeness (QED) is 0.802. The van der Waals surface area contributed by atoms with E-state index in [0.717, 1.165) is 25.8 Å². The van der Waals surface area contributed by atoms with E-state index in [1.807, 2.05) is 4.90 Å². The van der Waals surface area contributed by atoms with Crippen LogP contribution in [0.1, 0.15) is 52.9 Å². The highest BCUT2D eigenvalue weighted by Gasteiger charge is 2.27. The Hall–Kier alpha value is -0.570. The predicted octanol–water partition coefficient (Wildman–Crippen LogP) is 2.40. The Kier molecular flexibility index (Phi) is 5.96. The van der Waals surface area contributed by atoms with Crippen LogP contribution in [0.3, 0.4) is 0 Å². The van der Waals surface area contributed by atoms with Crippen LogP contribution in [0.4, 0.5) is 0 Å². The van der Waals surface area contributed by atoms with E-state index in [9.17, 15) is 4.79 Å². The molecule has 0 aromatic rings. The Labute approximate surface area is 106 Å². The molecule has 0 bridgehead atoms. The van der Waals surface area contributed by atoms with Crippen LogP contribution >= 0.6 is 0 Å². The van der Waals surface area contributed by atoms with E-state index in [4.69, 9.17) is 5.73 Å². The number of nitrogens with two attached hydrogens (primary N) is 1. The number of carbonyl (C=O) groups is 1. The molecular formula is C14H28N2O. The average Bonchev–Trinajstić information content (AvgIpc) is 2.35. The van der Waals surface area contributed by atoms with Gasteiger partial charge in [0.2, 0.25) is 5.91 Å². The second kappa shape index (κ2) is 7.00. The number of piperidine rings is 1. The summed E-state index contributed by atoms with van der Waals surface area (Å²) < 4.78 is 0. The zero-order valence-electron chi connectivity index (χ0n) is 11.6. The Morgan fingerprint density at radius 2 is 2.12 bits per heavy atom. The highest BCUT2D eigenvalue weighted by Crippen LogP contribution is 2.23. The lowest BCUT2D eigenvalue weighted by molar-refractivity contribution is -0.136. The van der Waals surface area contributed by atoms with Crippen molar-refractivity contribution in [2.45, 2.75) is 58.9 Å². The van der Waals surface area contributed by atoms with Crippen molar-refractivity contribution in [2.24, 2.45) is 17.6 Å². The molecule has 0 saturated carbocycles. The summed E-state index contributed by atoms with van der Waals surface area (Å²) in [6, 6.07) is 0.293. The molecule has 0 radical (unpaired) electrons. The smallest absolute Gasteiger partial charge is 0.223 e. The monoisotopic (exact) mass is 240 g/mol. The Morgan fingerprint density at radius 3 is 2.65 bits per heavy atom. The minimum atomic E-state index is 0.293. The molecule has 1 saturated heterocycles. The van der Waals surface area contributed by atoms with Gasteiger partial charge in [-0.25, -0.2) is 0 Å². The molecule has 2 unspecified atom stereocenters. The molecule has 0 aliphatic carbocycles. The van der Waals surface area contributed by atoms with Gasteiger partial charge in [0.05, 0.1) is 0 Å². The van der Waals surface area contributed by atoms with E-state index in [1.165, 1.54) is 6.42 Å². The fraction of sp³-hybridized carbons (Fsp3) is 0.929. The van der Waals surface area contributed by atoms with Gasteiger partial charge in [0.25, 0.3) is 0 Å². The molecule has 2 N–H and O–H groups in total. The van der Waals surface area contributed by atoms with E-state index in [2.05, 4.69) is 20.8 Å². The van der Waals surface area contributed by atoms with Crippen molar-refractivity contribution >= 4 is 5.91 Å². The third kappa shape index (κ3) is 3.98. The molecule has 2 atom stereocenters. The first-order chi connectivity index (χ1) is 8.10. The molecule has 1 fully saturated rings. The maximum atomic E-state index is 12.3. The Balaban J connectivity index is 2.55. The molecule has 17 heavy (non-hydrogen) atoms. The Bertz CT molecular complexity index is 240. The van der Waals surface area contributed by atoms with Gasteiger partial charge < -0.3 is 10.6 Å². The van der Waals surface area contributed by atoms with Crippen LogP contribution in [0, 0.1) is 11.8 Å². The molecule has 0 spiro atoms. The van der Waals surface area contributed by atoms with Crippen molar-refractivity contribution in [2.75, 3.05) is 13.1 Å². The van der Waals surface area contributed by atoms with Crippen LogP contribution in [0.2, 0.25) is 0 Å². The van der Waals surface area contributed by atoms with Crippen LogP contribution < -0.4 is 5.73 Å². The van der Waals surface area contributed by atoms with Gasteiger partial charge in [0, 0.05) is 25.6 Å². The highest BCUT2D eigenvalue weighted by molar-refractivity contribution is 5.77. The standard InChI is InChI=1S/C14H28N2O/c1-4-12(11(2)3)9-14(17)16-8-6-5-7-13(16)10-15/h11-13H,4-10,15H2,1-3H3. The second-order valence-electron chi connectivity index (χ2n) is 5.59. The van der Waals surface area contributed by atoms with Crippen LogP contribution in [-0.4, -0.2) is 29.9 Å². The average molecular weight is 240 g/mol. The number of nitrogens with zero attached hydrogens (tertiary/aromatic N) is 1. The number of carbonyl (C=O) groups excluding carboxylic acids is 1. The van der Waals surface area contributed by atoms with Gasteiger partial charge in [-0.2, -0.15) is 0 Å². The molecule has 1 amide bonds. The maximum absolute atomic E-state index is 12.3. The van der Waals surface area contributed by atoms with Crippen molar-refractivity contribution in [3.63, 3.8) is 0 Å². The minimum absolute atomic E-state index is 0.293. The summed E-state index contributed by atoms with van der Waals surface area (Å²) in [5.41, 5.74) is 5.76. The van der Waals surface area contributed by atoms with Crippen molar-refractivity contribution in [1.82, 2.24) is 4.90 Å². The maximum Gasteiger partial charge on any atom is 0.223 e. The summed E-state index contributed by atoms with van der Waals surface area (Å²) in [5.74, 6) is 1.42. The first-order valence-corrected chi connectivity index (χ1v) is 7.09. The lowest BCUT2D eigenvalue weighted by Gasteiger charge is -2.36. The van der Waals surface area contributed by atoms with Gasteiger partial charge in [-0.1, -0.05) is 27.2 Å². The molecule has 1 rings (SSSR count). The van der Waals surface area contributed by atoms with Gasteiger partial charge in [-0.3, -0.25) is 4.79 Å². The third-order valence-electron chi connectivity index (χ3n) is 4.12. The fourth-order valence-corrected chi connectivity index (χ4v) is 2.77. The third-order valence-corrected chi connectivity index (χ3v) is 4.12. The van der Waals surface area contributed by atoms with Gasteiger partial charge in [0.15, 0.2) is 0 Å². The van der Waals surface area contributed by atoms with E-state index < -0.39 is 0 Å². The summed E-state index contributed by atoms with van der Waals surface area (Å²) in [6.45, 7) is 8.12. The summed E-state index contributed by atoms with van der Waals surface area (Å²) >= 11 is 0. The van der Waals surface area contributed by atoms with Crippen molar-refractivity contribution in [3.05, 3.63) is 0 Å². The Morgan fingerprint density at radius 1 is 1.41 bits per heavy atom. The van der Waals surface area contributed by atoms with Gasteiger partial charge >= 0.3 is 0 Å². The number of hydrogen-bond donors (Lipinski definition) is 1. The fourth-order valence-electron chi connectivity index (χ4n) is 2.77. The SMILES string of the molecule is CCC(CC(=O)N1CCCCC1CN)C(C)C. The molecule has 1 aliphatic heterocycles. The first kappa shape index (κ1) is 14.5. The second-order valence-corrected chi connectivity index (χ2v) is 5.59. The van der Waals surface area contributed by atoms with E-state index in [-0.39, 0.29) is 0 Å². The van der Waals surface area contributed by atoms with Crippen molar-refractivity contribution in [3.8, 4) is 0 Å². The number of rotatable bonds is 5. The highest BCUT2D eigenvalue weighted by atomic mass is 16.2. The van der Waals surface area contributed by atoms with Crippen LogP contribution in [0.25, 0.3) is 0 Å². The van der Waals surface area contributed by atoms with E-state index in [0.29, 0.717) is 36.8 Å². The van der Waals surface area contributed by atoms with Crippen molar-refractivity contribution in [1.29, 1.82) is 0 Å². The molecule has 0 aromatic carbocycles. The summed E-state index contributed by atoms with van der Waals surface area (Å²) in [7, 11) is 0. The number of hydrogen-bond acceptors (Lipinski definition) is 2. The zero-order valence-corrected chi connectivity index (χ0v) is 11.6. The molecule has 3 nitrogen and oxygen atoms in total. The van der Waals surface area contributed by atoms with E-state index in [1.54, 1.807) is 0 Å². The van der Waals surface area contributed by atoms with Crippen LogP contribution in [0.5, 0.6) is 0 Å². The number of amides is 1. The summed E-state index contributed by atoms with van der Waals surface area (Å²) in [6.07, 6.45) is 5.23. The van der Waals surface area contributed by atoms with Crippen molar-refractivity contribution < 1.29 is 4.79 Å². The predicted molar refractivity (Wildman–Crippen MR) is 71.6 cm³/mol. The summed E-state index contributed by atoms with van der Waals surface area (Å²) in [5, 5.41) is 0. The lowest BCUT2D eigenvalue weighted by Crippen LogP contribution is -2.48. The van der Waals surface area contributed by atoms with Crippen LogP contribution in [-0.2, 0) is 4.79 Å². The molecule has 3 heteroatoms. The van der Waals surface area contributed by atoms with Crippen LogP contribution in [0.15, 0.2) is 0 Å². The normalized spacial score (nSPS) is 22.9. The van der Waals surface area contributed by atoms with Gasteiger partial charge in [-0.05, 0) is 31.1 Å². The molecule has 1 aliphatic rings. The number of likely N-dealkylation sites (tertiary alicyclic amines) is 1. The largest absolute Gasteiger partial charge is 0.338 e. The first-order valence-electron chi connectivity index (χ1n) is 7.09. The topological polar surface area (TPSA) is 46.3 Å². The molecule has 100 valence electrons.